The van der Waals surface area contributed by atoms with Gasteiger partial charge in [0.25, 0.3) is 0 Å². The zero-order valence-electron chi connectivity index (χ0n) is 17.6. The van der Waals surface area contributed by atoms with Crippen molar-refractivity contribution in [3.63, 3.8) is 0 Å². The van der Waals surface area contributed by atoms with E-state index < -0.39 is 11.8 Å². The molecule has 1 amide bonds. The number of allylic oxidation sites excluding steroid dienone is 2. The summed E-state index contributed by atoms with van der Waals surface area (Å²) in [7, 11) is 0. The van der Waals surface area contributed by atoms with E-state index in [-0.39, 0.29) is 28.6 Å². The second kappa shape index (κ2) is 9.89. The van der Waals surface area contributed by atoms with Crippen LogP contribution >= 0.6 is 23.4 Å². The number of rotatable bonds is 6. The van der Waals surface area contributed by atoms with Crippen LogP contribution in [0.25, 0.3) is 10.9 Å². The Balaban J connectivity index is 2.04. The third-order valence-corrected chi connectivity index (χ3v) is 6.61. The summed E-state index contributed by atoms with van der Waals surface area (Å²) in [6.45, 7) is 7.24. The van der Waals surface area contributed by atoms with Gasteiger partial charge in [-0.3, -0.25) is 4.79 Å². The first-order chi connectivity index (χ1) is 14.7. The van der Waals surface area contributed by atoms with Crippen LogP contribution in [0.4, 0.5) is 4.39 Å². The Hall–Kier alpha value is -2.29. The molecule has 6 nitrogen and oxygen atoms in total. The molecule has 0 atom stereocenters. The van der Waals surface area contributed by atoms with Gasteiger partial charge in [0, 0.05) is 29.1 Å². The largest absolute Gasteiger partial charge is 0.478 e. The second-order valence-electron chi connectivity index (χ2n) is 7.16. The topological polar surface area (TPSA) is 71.8 Å². The van der Waals surface area contributed by atoms with Gasteiger partial charge in [-0.2, -0.15) is 0 Å². The first kappa shape index (κ1) is 23.4. The fourth-order valence-corrected chi connectivity index (χ4v) is 4.72. The van der Waals surface area contributed by atoms with Crippen molar-refractivity contribution in [2.75, 3.05) is 26.3 Å². The number of amides is 1. The average Bonchev–Trinajstić information content (AvgIpc) is 3.01. The van der Waals surface area contributed by atoms with E-state index >= 15 is 4.39 Å². The lowest BCUT2D eigenvalue weighted by atomic mass is 10.2. The number of hydrogen-bond donors (Lipinski definition) is 1. The Labute approximate surface area is 189 Å². The first-order valence-corrected chi connectivity index (χ1v) is 11.0. The SMILES string of the molecule is CC=C(C=C(C)Sc1c(C)n(CC(=O)N2CCOCC2)c2c(F)c(Cl)ccc12)C(=O)O. The van der Waals surface area contributed by atoms with Crippen LogP contribution in [0, 0.1) is 12.7 Å². The number of aromatic nitrogens is 1. The maximum absolute atomic E-state index is 15.0. The van der Waals surface area contributed by atoms with Crippen LogP contribution in [0.1, 0.15) is 19.5 Å². The molecule has 1 aliphatic heterocycles. The lowest BCUT2D eigenvalue weighted by molar-refractivity contribution is -0.136. The summed E-state index contributed by atoms with van der Waals surface area (Å²) in [6.07, 6.45) is 3.09. The summed E-state index contributed by atoms with van der Waals surface area (Å²) in [4.78, 5) is 27.4. The van der Waals surface area contributed by atoms with Gasteiger partial charge in [-0.15, -0.1) is 0 Å². The molecule has 0 aliphatic carbocycles. The van der Waals surface area contributed by atoms with Crippen LogP contribution in [0.3, 0.4) is 0 Å². The van der Waals surface area contributed by atoms with Gasteiger partial charge >= 0.3 is 5.97 Å². The minimum Gasteiger partial charge on any atom is -0.478 e. The van der Waals surface area contributed by atoms with E-state index in [0.717, 1.165) is 9.80 Å². The molecule has 0 saturated carbocycles. The van der Waals surface area contributed by atoms with Crippen LogP contribution in [-0.4, -0.2) is 52.8 Å². The summed E-state index contributed by atoms with van der Waals surface area (Å²) in [5, 5.41) is 9.88. The van der Waals surface area contributed by atoms with Gasteiger partial charge in [0.05, 0.1) is 29.3 Å². The monoisotopic (exact) mass is 466 g/mol. The fraction of sp³-hybridized carbons (Fsp3) is 0.364. The Kier molecular flexibility index (Phi) is 7.46. The Morgan fingerprint density at radius 1 is 1.32 bits per heavy atom. The molecule has 1 N–H and O–H groups in total. The van der Waals surface area contributed by atoms with Gasteiger partial charge in [0.15, 0.2) is 5.82 Å². The molecule has 1 aromatic heterocycles. The number of thioether (sulfide) groups is 1. The van der Waals surface area contributed by atoms with Gasteiger partial charge in [-0.25, -0.2) is 9.18 Å². The molecule has 2 heterocycles. The molecule has 9 heteroatoms. The standard InChI is InChI=1S/C22H24ClFN2O4S/c1-4-15(22(28)29)11-13(2)31-21-14(3)26(12-18(27)25-7-9-30-10-8-25)20-16(21)5-6-17(23)19(20)24/h4-6,11H,7-10,12H2,1-3H3,(H,28,29). The number of ether oxygens (including phenoxy) is 1. The van der Waals surface area contributed by atoms with E-state index in [4.69, 9.17) is 16.3 Å². The van der Waals surface area contributed by atoms with Gasteiger partial charge in [0.1, 0.15) is 6.54 Å². The number of fused-ring (bicyclic) bond motifs is 1. The van der Waals surface area contributed by atoms with Crippen LogP contribution in [-0.2, 0) is 20.9 Å². The van der Waals surface area contributed by atoms with E-state index in [0.29, 0.717) is 37.4 Å². The summed E-state index contributed by atoms with van der Waals surface area (Å²) >= 11 is 7.38. The zero-order valence-corrected chi connectivity index (χ0v) is 19.1. The molecule has 2 aromatic rings. The molecule has 1 fully saturated rings. The van der Waals surface area contributed by atoms with Crippen molar-refractivity contribution >= 4 is 46.1 Å². The summed E-state index contributed by atoms with van der Waals surface area (Å²) < 4.78 is 22.0. The molecule has 0 spiro atoms. The highest BCUT2D eigenvalue weighted by Crippen LogP contribution is 2.40. The van der Waals surface area contributed by atoms with Crippen molar-refractivity contribution < 1.29 is 23.8 Å². The maximum atomic E-state index is 15.0. The molecule has 0 unspecified atom stereocenters. The van der Waals surface area contributed by atoms with Crippen molar-refractivity contribution in [2.45, 2.75) is 32.2 Å². The minimum atomic E-state index is -1.02. The van der Waals surface area contributed by atoms with Crippen LogP contribution in [0.5, 0.6) is 0 Å². The zero-order chi connectivity index (χ0) is 22.7. The minimum absolute atomic E-state index is 0.0157. The maximum Gasteiger partial charge on any atom is 0.335 e. The van der Waals surface area contributed by atoms with Crippen LogP contribution < -0.4 is 0 Å². The molecule has 31 heavy (non-hydrogen) atoms. The number of morpholine rings is 1. The number of carboxylic acids is 1. The Bertz CT molecular complexity index is 1090. The molecule has 1 saturated heterocycles. The quantitative estimate of drug-likeness (QED) is 0.382. The predicted molar refractivity (Wildman–Crippen MR) is 120 cm³/mol. The molecule has 166 valence electrons. The Morgan fingerprint density at radius 2 is 2.00 bits per heavy atom. The summed E-state index contributed by atoms with van der Waals surface area (Å²) in [5.41, 5.74) is 1.15. The summed E-state index contributed by atoms with van der Waals surface area (Å²) in [5.74, 6) is -1.71. The average molecular weight is 467 g/mol. The van der Waals surface area contributed by atoms with Crippen molar-refractivity contribution in [1.29, 1.82) is 0 Å². The third kappa shape index (κ3) is 4.97. The van der Waals surface area contributed by atoms with Gasteiger partial charge in [-0.05, 0) is 43.9 Å². The van der Waals surface area contributed by atoms with E-state index in [1.807, 2.05) is 6.92 Å². The van der Waals surface area contributed by atoms with E-state index in [1.54, 1.807) is 35.5 Å². The molecule has 3 rings (SSSR count). The molecular weight excluding hydrogens is 443 g/mol. The van der Waals surface area contributed by atoms with Gasteiger partial charge in [-0.1, -0.05) is 29.4 Å². The van der Waals surface area contributed by atoms with Crippen molar-refractivity contribution in [3.05, 3.63) is 51.3 Å². The highest BCUT2D eigenvalue weighted by atomic mass is 35.5. The number of benzene rings is 1. The van der Waals surface area contributed by atoms with Gasteiger partial charge < -0.3 is 19.3 Å². The third-order valence-electron chi connectivity index (χ3n) is 5.15. The number of nitrogens with zero attached hydrogens (tertiary/aromatic N) is 2. The van der Waals surface area contributed by atoms with Crippen LogP contribution in [0.2, 0.25) is 5.02 Å². The molecule has 0 bridgehead atoms. The predicted octanol–water partition coefficient (Wildman–Crippen LogP) is 4.63. The van der Waals surface area contributed by atoms with Crippen molar-refractivity contribution in [2.24, 2.45) is 0 Å². The van der Waals surface area contributed by atoms with Gasteiger partial charge in [0.2, 0.25) is 5.91 Å². The highest BCUT2D eigenvalue weighted by Gasteiger charge is 2.24. The lowest BCUT2D eigenvalue weighted by Gasteiger charge is -2.27. The summed E-state index contributed by atoms with van der Waals surface area (Å²) in [6, 6.07) is 3.22. The number of hydrogen-bond acceptors (Lipinski definition) is 4. The normalized spacial score (nSPS) is 15.6. The number of carbonyl (C=O) groups is 2. The van der Waals surface area contributed by atoms with Crippen molar-refractivity contribution in [3.8, 4) is 0 Å². The number of carboxylic acid groups (broad SMARTS) is 1. The first-order valence-electron chi connectivity index (χ1n) is 9.82. The Morgan fingerprint density at radius 3 is 2.61 bits per heavy atom. The number of aliphatic carboxylic acids is 1. The molecule has 1 aromatic carbocycles. The second-order valence-corrected chi connectivity index (χ2v) is 8.82. The molecular formula is C22H24ClFN2O4S. The van der Waals surface area contributed by atoms with E-state index in [2.05, 4.69) is 0 Å². The van der Waals surface area contributed by atoms with E-state index in [1.165, 1.54) is 23.9 Å². The van der Waals surface area contributed by atoms with Crippen LogP contribution in [0.15, 0.2) is 39.7 Å². The molecule has 1 aliphatic rings. The fourth-order valence-electron chi connectivity index (χ4n) is 3.52. The molecule has 0 radical (unpaired) electrons. The number of halogens is 2. The number of carbonyl (C=O) groups excluding carboxylic acids is 1. The smallest absolute Gasteiger partial charge is 0.335 e. The van der Waals surface area contributed by atoms with E-state index in [9.17, 15) is 14.7 Å². The lowest BCUT2D eigenvalue weighted by Crippen LogP contribution is -2.42. The van der Waals surface area contributed by atoms with Crippen molar-refractivity contribution in [1.82, 2.24) is 9.47 Å². The highest BCUT2D eigenvalue weighted by molar-refractivity contribution is 8.03.